The second-order valence-corrected chi connectivity index (χ2v) is 4.85. The van der Waals surface area contributed by atoms with Crippen molar-refractivity contribution in [1.82, 2.24) is 4.90 Å². The lowest BCUT2D eigenvalue weighted by Crippen LogP contribution is -2.50. The minimum atomic E-state index is 0.770. The number of rotatable bonds is 0. The summed E-state index contributed by atoms with van der Waals surface area (Å²) < 4.78 is 0. The summed E-state index contributed by atoms with van der Waals surface area (Å²) in [6.45, 7) is 6.11. The van der Waals surface area contributed by atoms with Crippen molar-refractivity contribution < 1.29 is 0 Å². The molecular weight excluding hydrogens is 133 g/mol. The van der Waals surface area contributed by atoms with Gasteiger partial charge in [0.25, 0.3) is 0 Å². The lowest BCUT2D eigenvalue weighted by Gasteiger charge is -2.50. The van der Waals surface area contributed by atoms with E-state index in [1.165, 1.54) is 38.6 Å². The molecule has 0 unspecified atom stereocenters. The average molecular weight is 151 g/mol. The molecule has 2 aliphatic heterocycles. The minimum absolute atomic E-state index is 0.770. The predicted molar refractivity (Wildman–Crippen MR) is 50.4 cm³/mol. The van der Waals surface area contributed by atoms with E-state index < -0.39 is 0 Å². The molecule has 2 rings (SSSR count). The molecule has 0 aliphatic carbocycles. The molecule has 1 nitrogen and oxygen atoms in total. The number of piperidine rings is 1. The van der Waals surface area contributed by atoms with Crippen LogP contribution in [0.15, 0.2) is 0 Å². The Bertz CT molecular complexity index is 146. The van der Waals surface area contributed by atoms with Crippen molar-refractivity contribution in [1.29, 1.82) is 0 Å². The van der Waals surface area contributed by atoms with Crippen LogP contribution in [0.1, 0.15) is 12.8 Å². The summed E-state index contributed by atoms with van der Waals surface area (Å²) >= 11 is 0. The van der Waals surface area contributed by atoms with E-state index >= 15 is 0 Å². The summed E-state index contributed by atoms with van der Waals surface area (Å²) in [5, 5.41) is 0. The molecule has 11 heavy (non-hydrogen) atoms. The Balaban J connectivity index is 1.93. The molecule has 0 atom stereocenters. The maximum atomic E-state index is 2.51. The third-order valence-corrected chi connectivity index (χ3v) is 3.42. The SMILES string of the molecule is CB1CC2(CCCN(C)C2)C1. The molecule has 0 saturated carbocycles. The van der Waals surface area contributed by atoms with Gasteiger partial charge in [-0.25, -0.2) is 0 Å². The number of hydrogen-bond acceptors (Lipinski definition) is 1. The van der Waals surface area contributed by atoms with Crippen molar-refractivity contribution in [2.75, 3.05) is 20.1 Å². The van der Waals surface area contributed by atoms with Crippen LogP contribution in [0.2, 0.25) is 19.5 Å². The van der Waals surface area contributed by atoms with E-state index in [9.17, 15) is 0 Å². The molecule has 0 N–H and O–H groups in total. The van der Waals surface area contributed by atoms with Crippen LogP contribution >= 0.6 is 0 Å². The van der Waals surface area contributed by atoms with Crippen molar-refractivity contribution in [3.8, 4) is 0 Å². The zero-order valence-electron chi connectivity index (χ0n) is 7.77. The fourth-order valence-electron chi connectivity index (χ4n) is 3.21. The molecule has 2 aliphatic rings. The third-order valence-electron chi connectivity index (χ3n) is 3.42. The molecule has 0 radical (unpaired) electrons. The summed E-state index contributed by atoms with van der Waals surface area (Å²) in [6.07, 6.45) is 5.93. The molecule has 62 valence electrons. The Morgan fingerprint density at radius 2 is 2.09 bits per heavy atom. The maximum absolute atomic E-state index is 2.51. The zero-order chi connectivity index (χ0) is 7.90. The number of nitrogens with zero attached hydrogens (tertiary/aromatic N) is 1. The summed E-state index contributed by atoms with van der Waals surface area (Å²) in [5.74, 6) is 0. The van der Waals surface area contributed by atoms with Gasteiger partial charge in [0.05, 0.1) is 0 Å². The van der Waals surface area contributed by atoms with Crippen LogP contribution in [0, 0.1) is 5.41 Å². The first kappa shape index (κ1) is 7.66. The van der Waals surface area contributed by atoms with Gasteiger partial charge in [-0.05, 0) is 31.8 Å². The van der Waals surface area contributed by atoms with Gasteiger partial charge in [0, 0.05) is 6.54 Å². The van der Waals surface area contributed by atoms with Crippen molar-refractivity contribution in [2.45, 2.75) is 32.3 Å². The highest BCUT2D eigenvalue weighted by Crippen LogP contribution is 2.48. The highest BCUT2D eigenvalue weighted by atomic mass is 15.1. The Kier molecular flexibility index (Phi) is 1.75. The van der Waals surface area contributed by atoms with Gasteiger partial charge >= 0.3 is 0 Å². The monoisotopic (exact) mass is 151 g/mol. The standard InChI is InChI=1S/C9H18BN/c1-10-6-9(7-10)4-3-5-11(2)8-9/h3-8H2,1-2H3. The first-order valence-corrected chi connectivity index (χ1v) is 4.89. The van der Waals surface area contributed by atoms with Crippen molar-refractivity contribution in [3.05, 3.63) is 0 Å². The first-order chi connectivity index (χ1) is 5.20. The Morgan fingerprint density at radius 1 is 1.36 bits per heavy atom. The van der Waals surface area contributed by atoms with Gasteiger partial charge in [-0.15, -0.1) is 0 Å². The number of hydrogen-bond donors (Lipinski definition) is 0. The van der Waals surface area contributed by atoms with E-state index in [0.29, 0.717) is 0 Å². The average Bonchev–Trinajstić information content (AvgIpc) is 1.84. The quantitative estimate of drug-likeness (QED) is 0.477. The normalized spacial score (nSPS) is 30.5. The molecule has 2 fully saturated rings. The highest BCUT2D eigenvalue weighted by Gasteiger charge is 2.44. The topological polar surface area (TPSA) is 3.24 Å². The lowest BCUT2D eigenvalue weighted by molar-refractivity contribution is 0.126. The van der Waals surface area contributed by atoms with Gasteiger partial charge in [-0.2, -0.15) is 0 Å². The Labute approximate surface area is 70.2 Å². The predicted octanol–water partition coefficient (Wildman–Crippen LogP) is 1.84. The van der Waals surface area contributed by atoms with Gasteiger partial charge in [-0.1, -0.05) is 19.5 Å². The van der Waals surface area contributed by atoms with Gasteiger partial charge in [0.15, 0.2) is 0 Å². The van der Waals surface area contributed by atoms with Crippen molar-refractivity contribution >= 4 is 6.71 Å². The summed E-state index contributed by atoms with van der Waals surface area (Å²) in [4.78, 5) is 2.51. The van der Waals surface area contributed by atoms with E-state index in [1.54, 1.807) is 0 Å². The van der Waals surface area contributed by atoms with Gasteiger partial charge in [0.2, 0.25) is 0 Å². The Morgan fingerprint density at radius 3 is 2.64 bits per heavy atom. The summed E-state index contributed by atoms with van der Waals surface area (Å²) in [5.41, 5.74) is 0.770. The molecule has 0 aromatic carbocycles. The van der Waals surface area contributed by atoms with Crippen molar-refractivity contribution in [2.24, 2.45) is 5.41 Å². The molecule has 2 heteroatoms. The first-order valence-electron chi connectivity index (χ1n) is 4.89. The molecule has 0 aromatic heterocycles. The van der Waals surface area contributed by atoms with E-state index in [2.05, 4.69) is 18.8 Å². The van der Waals surface area contributed by atoms with Crippen LogP contribution in [-0.2, 0) is 0 Å². The third kappa shape index (κ3) is 1.33. The molecule has 2 saturated heterocycles. The molecule has 0 bridgehead atoms. The van der Waals surface area contributed by atoms with E-state index in [0.717, 1.165) is 12.1 Å². The van der Waals surface area contributed by atoms with Gasteiger partial charge in [0.1, 0.15) is 6.71 Å². The number of likely N-dealkylation sites (tertiary alicyclic amines) is 1. The van der Waals surface area contributed by atoms with Gasteiger partial charge < -0.3 is 4.90 Å². The fraction of sp³-hybridized carbons (Fsp3) is 1.00. The molecule has 2 heterocycles. The van der Waals surface area contributed by atoms with E-state index in [4.69, 9.17) is 0 Å². The van der Waals surface area contributed by atoms with E-state index in [1.807, 2.05) is 0 Å². The fourth-order valence-corrected chi connectivity index (χ4v) is 3.21. The molecular formula is C9H18BN. The molecule has 1 spiro atoms. The van der Waals surface area contributed by atoms with Crippen LogP contribution in [0.4, 0.5) is 0 Å². The van der Waals surface area contributed by atoms with Gasteiger partial charge in [-0.3, -0.25) is 0 Å². The van der Waals surface area contributed by atoms with Crippen LogP contribution in [0.3, 0.4) is 0 Å². The second-order valence-electron chi connectivity index (χ2n) is 4.85. The largest absolute Gasteiger partial charge is 0.306 e. The van der Waals surface area contributed by atoms with Crippen LogP contribution in [-0.4, -0.2) is 31.7 Å². The van der Waals surface area contributed by atoms with Crippen LogP contribution in [0.5, 0.6) is 0 Å². The lowest BCUT2D eigenvalue weighted by atomic mass is 9.27. The van der Waals surface area contributed by atoms with E-state index in [-0.39, 0.29) is 0 Å². The molecule has 0 aromatic rings. The Hall–Kier alpha value is 0.0249. The summed E-state index contributed by atoms with van der Waals surface area (Å²) in [6, 6.07) is 0. The highest BCUT2D eigenvalue weighted by molar-refractivity contribution is 6.61. The zero-order valence-corrected chi connectivity index (χ0v) is 7.77. The maximum Gasteiger partial charge on any atom is 0.137 e. The van der Waals surface area contributed by atoms with Crippen LogP contribution < -0.4 is 0 Å². The summed E-state index contributed by atoms with van der Waals surface area (Å²) in [7, 11) is 2.27. The van der Waals surface area contributed by atoms with Crippen LogP contribution in [0.25, 0.3) is 0 Å². The molecule has 0 amide bonds. The second kappa shape index (κ2) is 2.51. The minimum Gasteiger partial charge on any atom is -0.306 e. The van der Waals surface area contributed by atoms with Crippen molar-refractivity contribution in [3.63, 3.8) is 0 Å². The smallest absolute Gasteiger partial charge is 0.137 e.